The fourth-order valence-electron chi connectivity index (χ4n) is 3.07. The summed E-state index contributed by atoms with van der Waals surface area (Å²) in [5.74, 6) is 0.0418. The molecule has 0 spiro atoms. The molecule has 0 radical (unpaired) electrons. The van der Waals surface area contributed by atoms with E-state index in [2.05, 4.69) is 15.0 Å². The van der Waals surface area contributed by atoms with Gasteiger partial charge in [0, 0.05) is 0 Å². The molecule has 1 unspecified atom stereocenters. The van der Waals surface area contributed by atoms with Gasteiger partial charge < -0.3 is 46.0 Å². The van der Waals surface area contributed by atoms with Gasteiger partial charge in [-0.3, -0.25) is 13.7 Å². The monoisotopic (exact) mass is 440 g/mol. The third kappa shape index (κ3) is 3.57. The van der Waals surface area contributed by atoms with E-state index in [1.807, 2.05) is 0 Å². The van der Waals surface area contributed by atoms with Crippen LogP contribution in [-0.4, -0.2) is 79.1 Å². The Hall–Kier alpha value is -1.51. The Morgan fingerprint density at radius 2 is 1.75 bits per heavy atom. The first-order valence-electron chi connectivity index (χ1n) is 7.64. The van der Waals surface area contributed by atoms with Crippen LogP contribution < -0.4 is 11.5 Å². The molecule has 156 valence electrons. The van der Waals surface area contributed by atoms with Gasteiger partial charge in [0.25, 0.3) is 0 Å². The van der Waals surface area contributed by atoms with E-state index in [0.29, 0.717) is 0 Å². The number of aliphatic hydroxyl groups is 2. The summed E-state index contributed by atoms with van der Waals surface area (Å²) in [5.41, 5.74) is 11.8. The van der Waals surface area contributed by atoms with E-state index in [0.717, 1.165) is 6.33 Å². The van der Waals surface area contributed by atoms with Crippen molar-refractivity contribution in [3.05, 3.63) is 12.7 Å². The molecule has 0 amide bonds. The minimum absolute atomic E-state index is 0.0418. The highest BCUT2D eigenvalue weighted by atomic mass is 31.2. The molecule has 1 saturated heterocycles. The normalized spacial score (nSPS) is 27.6. The Morgan fingerprint density at radius 1 is 1.14 bits per heavy atom. The van der Waals surface area contributed by atoms with Crippen LogP contribution in [0, 0.1) is 0 Å². The first kappa shape index (κ1) is 21.2. The van der Waals surface area contributed by atoms with Crippen LogP contribution in [0.1, 0.15) is 6.23 Å². The fraction of sp³-hybridized carbons (Fsp3) is 0.545. The van der Waals surface area contributed by atoms with Crippen molar-refractivity contribution in [3.63, 3.8) is 0 Å². The maximum atomic E-state index is 11.5. The number of ether oxygens (including phenoxy) is 1. The minimum atomic E-state index is -5.46. The van der Waals surface area contributed by atoms with Crippen LogP contribution in [0.15, 0.2) is 12.7 Å². The van der Waals surface area contributed by atoms with Gasteiger partial charge in [-0.2, -0.15) is 0 Å². The van der Waals surface area contributed by atoms with Crippen LogP contribution in [0.3, 0.4) is 0 Å². The van der Waals surface area contributed by atoms with Crippen molar-refractivity contribution >= 4 is 32.2 Å². The molecule has 5 atom stereocenters. The van der Waals surface area contributed by atoms with Crippen LogP contribution in [0.2, 0.25) is 0 Å². The summed E-state index contributed by atoms with van der Waals surface area (Å²) in [6.45, 7) is 0. The molecule has 15 nitrogen and oxygen atoms in total. The van der Waals surface area contributed by atoms with Crippen molar-refractivity contribution in [2.75, 3.05) is 5.73 Å². The molecule has 3 heterocycles. The number of hydrogen-bond donors (Lipinski definition) is 8. The second kappa shape index (κ2) is 7.07. The molecular weight excluding hydrogens is 422 g/mol. The summed E-state index contributed by atoms with van der Waals surface area (Å²) in [5, 5.41) is 17.9. The summed E-state index contributed by atoms with van der Waals surface area (Å²) in [6, 6.07) is -1.45. The topological polar surface area (TPSA) is 260 Å². The fourth-order valence-corrected chi connectivity index (χ4v) is 5.78. The molecular formula is C11H18N6O9P2. The molecule has 28 heavy (non-hydrogen) atoms. The van der Waals surface area contributed by atoms with E-state index >= 15 is 0 Å². The van der Waals surface area contributed by atoms with E-state index in [4.69, 9.17) is 16.2 Å². The lowest BCUT2D eigenvalue weighted by Crippen LogP contribution is -2.49. The SMILES string of the molecule is Nc1ncnc2c1ncn2[C@@H]1O[C@H](C(O)C(P(=O)(O)O)P(=O)(O)O)[C@@H](N)[C@H]1O. The number of nitrogens with two attached hydrogens (primary N) is 2. The first-order valence-corrected chi connectivity index (χ1v) is 11.0. The predicted molar refractivity (Wildman–Crippen MR) is 91.5 cm³/mol. The number of nitrogen functional groups attached to an aromatic ring is 1. The Balaban J connectivity index is 1.97. The van der Waals surface area contributed by atoms with Crippen LogP contribution in [0.5, 0.6) is 0 Å². The maximum absolute atomic E-state index is 11.5. The van der Waals surface area contributed by atoms with Gasteiger partial charge in [-0.1, -0.05) is 0 Å². The summed E-state index contributed by atoms with van der Waals surface area (Å²) >= 11 is 0. The zero-order valence-electron chi connectivity index (χ0n) is 13.9. The smallest absolute Gasteiger partial charge is 0.343 e. The number of anilines is 1. The molecule has 1 fully saturated rings. The van der Waals surface area contributed by atoms with Crippen LogP contribution in [-0.2, 0) is 13.9 Å². The Kier molecular flexibility index (Phi) is 5.36. The molecule has 2 aromatic rings. The number of fused-ring (bicyclic) bond motifs is 1. The summed E-state index contributed by atoms with van der Waals surface area (Å²) in [7, 11) is -10.9. The average Bonchev–Trinajstić information content (AvgIpc) is 3.08. The molecule has 10 N–H and O–H groups in total. The van der Waals surface area contributed by atoms with Gasteiger partial charge in [0.05, 0.1) is 12.4 Å². The van der Waals surface area contributed by atoms with Gasteiger partial charge >= 0.3 is 15.2 Å². The summed E-state index contributed by atoms with van der Waals surface area (Å²) < 4.78 is 29.7. The second-order valence-electron chi connectivity index (χ2n) is 6.22. The average molecular weight is 440 g/mol. The number of nitrogens with zero attached hydrogens (tertiary/aromatic N) is 4. The lowest BCUT2D eigenvalue weighted by Gasteiger charge is -2.29. The number of aromatic nitrogens is 4. The largest absolute Gasteiger partial charge is 0.389 e. The first-order chi connectivity index (χ1) is 12.8. The van der Waals surface area contributed by atoms with Gasteiger partial charge in [-0.05, 0) is 0 Å². The highest BCUT2D eigenvalue weighted by Crippen LogP contribution is 2.62. The molecule has 0 bridgehead atoms. The minimum Gasteiger partial charge on any atom is -0.389 e. The lowest BCUT2D eigenvalue weighted by atomic mass is 10.0. The van der Waals surface area contributed by atoms with Gasteiger partial charge in [-0.25, -0.2) is 15.0 Å². The van der Waals surface area contributed by atoms with E-state index in [9.17, 15) is 38.9 Å². The van der Waals surface area contributed by atoms with Gasteiger partial charge in [0.15, 0.2) is 23.1 Å². The molecule has 17 heteroatoms. The maximum Gasteiger partial charge on any atom is 0.343 e. The standard InChI is InChI=1S/C11H18N6O9P2/c12-3-5(18)10(17-2-16-4-8(13)14-1-15-9(4)17)26-7(3)6(19)11(27(20,21)22)28(23,24)25/h1-3,5-7,10-11,18-19H,12H2,(H2,13,14,15)(H2,20,21,22)(H2,23,24,25)/t3-,5+,6?,7-,10+/m0/s1. The highest BCUT2D eigenvalue weighted by Gasteiger charge is 2.56. The van der Waals surface area contributed by atoms with Gasteiger partial charge in [0.2, 0.25) is 0 Å². The Morgan fingerprint density at radius 3 is 2.32 bits per heavy atom. The van der Waals surface area contributed by atoms with E-state index in [1.165, 1.54) is 10.9 Å². The zero-order chi connectivity index (χ0) is 21.0. The van der Waals surface area contributed by atoms with Crippen molar-refractivity contribution in [2.45, 2.75) is 36.0 Å². The lowest BCUT2D eigenvalue weighted by molar-refractivity contribution is -0.0733. The van der Waals surface area contributed by atoms with Crippen molar-refractivity contribution in [3.8, 4) is 0 Å². The Bertz CT molecular complexity index is 953. The third-order valence-electron chi connectivity index (χ3n) is 4.35. The van der Waals surface area contributed by atoms with E-state index < -0.39 is 51.2 Å². The van der Waals surface area contributed by atoms with Gasteiger partial charge in [-0.15, -0.1) is 0 Å². The molecule has 2 aromatic heterocycles. The van der Waals surface area contributed by atoms with Crippen molar-refractivity contribution < 1.29 is 43.7 Å². The molecule has 1 aliphatic heterocycles. The second-order valence-corrected chi connectivity index (χ2v) is 10.1. The van der Waals surface area contributed by atoms with Crippen molar-refractivity contribution in [1.29, 1.82) is 0 Å². The highest BCUT2D eigenvalue weighted by molar-refractivity contribution is 7.71. The third-order valence-corrected chi connectivity index (χ3v) is 8.15. The van der Waals surface area contributed by atoms with Crippen LogP contribution in [0.25, 0.3) is 11.2 Å². The van der Waals surface area contributed by atoms with Crippen molar-refractivity contribution in [2.24, 2.45) is 5.73 Å². The Labute approximate surface area is 156 Å². The number of rotatable bonds is 5. The molecule has 0 aliphatic carbocycles. The summed E-state index contributed by atoms with van der Waals surface area (Å²) in [6.07, 6.45) is -4.66. The zero-order valence-corrected chi connectivity index (χ0v) is 15.7. The number of hydrogen-bond acceptors (Lipinski definition) is 10. The predicted octanol–water partition coefficient (Wildman–Crippen LogP) is -2.96. The van der Waals surface area contributed by atoms with Crippen molar-refractivity contribution in [1.82, 2.24) is 19.5 Å². The summed E-state index contributed by atoms with van der Waals surface area (Å²) in [4.78, 5) is 48.8. The molecule has 1 aliphatic rings. The molecule has 0 aromatic carbocycles. The molecule has 3 rings (SSSR count). The number of imidazole rings is 1. The number of aliphatic hydroxyl groups excluding tert-OH is 2. The van der Waals surface area contributed by atoms with Gasteiger partial charge in [0.1, 0.15) is 30.2 Å². The van der Waals surface area contributed by atoms with Crippen LogP contribution >= 0.6 is 15.2 Å². The van der Waals surface area contributed by atoms with E-state index in [1.54, 1.807) is 0 Å². The quantitative estimate of drug-likeness (QED) is 0.216. The molecule has 0 saturated carbocycles. The van der Waals surface area contributed by atoms with Crippen LogP contribution in [0.4, 0.5) is 5.82 Å². The van der Waals surface area contributed by atoms with E-state index in [-0.39, 0.29) is 17.0 Å².